The standard InChI is InChI=1S/C67H44N4O/c1-67(2)56-27-14-12-25-48(56)50-36-53-51-34-44(43-29-31-60-52(35-43)54-37-55-49-26-13-15-28-64(49)72-65(55)40-63(54)70(60)46-22-10-5-11-23-46)30-32-61(51)71(62(53)38-57(50)67)47-24-16-21-45(33-47)66-68-58(41-17-6-3-7-18-41)39-59(69-66)42-19-8-4-9-20-42/h3-40H,1-2H3. The van der Waals surface area contributed by atoms with Crippen LogP contribution in [0.4, 0.5) is 0 Å². The number of aromatic nitrogens is 4. The molecule has 0 aliphatic heterocycles. The zero-order valence-electron chi connectivity index (χ0n) is 39.6. The van der Waals surface area contributed by atoms with Gasteiger partial charge in [0.05, 0.1) is 33.5 Å². The molecule has 0 atom stereocenters. The van der Waals surface area contributed by atoms with Crippen molar-refractivity contribution in [2.45, 2.75) is 19.3 Å². The van der Waals surface area contributed by atoms with Crippen molar-refractivity contribution in [1.82, 2.24) is 19.1 Å². The van der Waals surface area contributed by atoms with Crippen LogP contribution in [0, 0.1) is 0 Å². The van der Waals surface area contributed by atoms with Gasteiger partial charge in [0.15, 0.2) is 5.82 Å². The summed E-state index contributed by atoms with van der Waals surface area (Å²) in [5.41, 5.74) is 20.8. The minimum atomic E-state index is -0.170. The van der Waals surface area contributed by atoms with Crippen LogP contribution in [-0.4, -0.2) is 19.1 Å². The molecule has 72 heavy (non-hydrogen) atoms. The number of hydrogen-bond donors (Lipinski definition) is 0. The SMILES string of the molecule is CC1(C)c2ccccc2-c2cc3c4cc(-c5ccc6c(c5)c5cc7c(cc5n6-c5ccccc5)oc5ccccc57)ccc4n(-c4cccc(-c5nc(-c6ccccc6)cc(-c6ccccc6)n5)c4)c3cc21. The lowest BCUT2D eigenvalue weighted by atomic mass is 9.82. The number of furan rings is 1. The largest absolute Gasteiger partial charge is 0.456 e. The van der Waals surface area contributed by atoms with Gasteiger partial charge in [0, 0.05) is 71.9 Å². The van der Waals surface area contributed by atoms with Gasteiger partial charge in [0.2, 0.25) is 0 Å². The van der Waals surface area contributed by atoms with Crippen LogP contribution in [0.3, 0.4) is 0 Å². The fourth-order valence-corrected chi connectivity index (χ4v) is 11.8. The smallest absolute Gasteiger partial charge is 0.160 e. The average Bonchev–Trinajstić information content (AvgIpc) is 4.14. The molecule has 1 aliphatic rings. The second kappa shape index (κ2) is 15.3. The van der Waals surface area contributed by atoms with Gasteiger partial charge in [-0.3, -0.25) is 0 Å². The molecule has 0 bridgehead atoms. The fraction of sp³-hybridized carbons (Fsp3) is 0.0448. The van der Waals surface area contributed by atoms with E-state index < -0.39 is 0 Å². The number of rotatable bonds is 6. The second-order valence-electron chi connectivity index (χ2n) is 19.8. The molecule has 338 valence electrons. The Hall–Kier alpha value is -9.32. The third kappa shape index (κ3) is 6.07. The first-order valence-corrected chi connectivity index (χ1v) is 24.7. The first kappa shape index (κ1) is 40.6. The maximum atomic E-state index is 6.46. The molecule has 5 nitrogen and oxygen atoms in total. The summed E-state index contributed by atoms with van der Waals surface area (Å²) >= 11 is 0. The highest BCUT2D eigenvalue weighted by atomic mass is 16.3. The van der Waals surface area contributed by atoms with E-state index in [4.69, 9.17) is 14.4 Å². The third-order valence-corrected chi connectivity index (χ3v) is 15.3. The molecule has 0 spiro atoms. The van der Waals surface area contributed by atoms with Crippen LogP contribution >= 0.6 is 0 Å². The monoisotopic (exact) mass is 920 g/mol. The molecule has 10 aromatic carbocycles. The van der Waals surface area contributed by atoms with E-state index in [1.807, 2.05) is 18.2 Å². The van der Waals surface area contributed by atoms with Gasteiger partial charge in [-0.05, 0) is 112 Å². The van der Waals surface area contributed by atoms with E-state index in [1.165, 1.54) is 49.3 Å². The highest BCUT2D eigenvalue weighted by molar-refractivity contribution is 6.18. The van der Waals surface area contributed by atoms with Crippen molar-refractivity contribution in [3.05, 3.63) is 242 Å². The number of hydrogen-bond acceptors (Lipinski definition) is 3. The van der Waals surface area contributed by atoms with E-state index in [0.29, 0.717) is 5.82 Å². The molecule has 0 unspecified atom stereocenters. The van der Waals surface area contributed by atoms with Crippen molar-refractivity contribution in [2.75, 3.05) is 0 Å². The molecular formula is C67H44N4O. The van der Waals surface area contributed by atoms with Crippen molar-refractivity contribution in [3.8, 4) is 67.5 Å². The van der Waals surface area contributed by atoms with Gasteiger partial charge in [-0.2, -0.15) is 0 Å². The van der Waals surface area contributed by atoms with Crippen molar-refractivity contribution < 1.29 is 4.42 Å². The molecule has 0 saturated carbocycles. The summed E-state index contributed by atoms with van der Waals surface area (Å²) in [7, 11) is 0. The number of para-hydroxylation sites is 2. The van der Waals surface area contributed by atoms with E-state index in [1.54, 1.807) is 0 Å². The number of benzene rings is 10. The van der Waals surface area contributed by atoms with Gasteiger partial charge in [0.25, 0.3) is 0 Å². The van der Waals surface area contributed by atoms with E-state index >= 15 is 0 Å². The van der Waals surface area contributed by atoms with Crippen molar-refractivity contribution >= 4 is 65.6 Å². The van der Waals surface area contributed by atoms with Crippen molar-refractivity contribution in [3.63, 3.8) is 0 Å². The first-order valence-electron chi connectivity index (χ1n) is 24.7. The van der Waals surface area contributed by atoms with Crippen LogP contribution < -0.4 is 0 Å². The Balaban J connectivity index is 0.945. The first-order chi connectivity index (χ1) is 35.4. The molecule has 5 heteroatoms. The third-order valence-electron chi connectivity index (χ3n) is 15.3. The van der Waals surface area contributed by atoms with Crippen molar-refractivity contribution in [1.29, 1.82) is 0 Å². The average molecular weight is 921 g/mol. The molecule has 1 aliphatic carbocycles. The highest BCUT2D eigenvalue weighted by Crippen LogP contribution is 2.51. The van der Waals surface area contributed by atoms with Gasteiger partial charge in [-0.1, -0.05) is 159 Å². The van der Waals surface area contributed by atoms with Crippen molar-refractivity contribution in [2.24, 2.45) is 0 Å². The maximum absolute atomic E-state index is 6.46. The minimum absolute atomic E-state index is 0.170. The predicted molar refractivity (Wildman–Crippen MR) is 297 cm³/mol. The van der Waals surface area contributed by atoms with Gasteiger partial charge in [-0.15, -0.1) is 0 Å². The Morgan fingerprint density at radius 2 is 0.889 bits per heavy atom. The maximum Gasteiger partial charge on any atom is 0.160 e. The minimum Gasteiger partial charge on any atom is -0.456 e. The molecule has 0 N–H and O–H groups in total. The molecule has 0 fully saturated rings. The molecule has 15 rings (SSSR count). The van der Waals surface area contributed by atoms with Crippen LogP contribution in [0.5, 0.6) is 0 Å². The van der Waals surface area contributed by atoms with Gasteiger partial charge < -0.3 is 13.6 Å². The Kier molecular flexibility index (Phi) is 8.64. The fourth-order valence-electron chi connectivity index (χ4n) is 11.8. The Labute approximate surface area is 415 Å². The van der Waals surface area contributed by atoms with Gasteiger partial charge >= 0.3 is 0 Å². The molecule has 0 saturated heterocycles. The van der Waals surface area contributed by atoms with Crippen LogP contribution in [0.15, 0.2) is 235 Å². The predicted octanol–water partition coefficient (Wildman–Crippen LogP) is 17.5. The number of fused-ring (bicyclic) bond motifs is 12. The summed E-state index contributed by atoms with van der Waals surface area (Å²) in [4.78, 5) is 10.5. The Morgan fingerprint density at radius 1 is 0.333 bits per heavy atom. The van der Waals surface area contributed by atoms with Crippen LogP contribution in [0.1, 0.15) is 25.0 Å². The summed E-state index contributed by atoms with van der Waals surface area (Å²) in [5.74, 6) is 0.684. The van der Waals surface area contributed by atoms with E-state index in [-0.39, 0.29) is 5.41 Å². The van der Waals surface area contributed by atoms with Crippen LogP contribution in [0.2, 0.25) is 0 Å². The summed E-state index contributed by atoms with van der Waals surface area (Å²) in [6.45, 7) is 4.73. The quantitative estimate of drug-likeness (QED) is 0.167. The molecule has 4 heterocycles. The Morgan fingerprint density at radius 3 is 1.60 bits per heavy atom. The molecule has 4 aromatic heterocycles. The summed E-state index contributed by atoms with van der Waals surface area (Å²) in [6.07, 6.45) is 0. The van der Waals surface area contributed by atoms with Gasteiger partial charge in [-0.25, -0.2) is 9.97 Å². The molecule has 14 aromatic rings. The summed E-state index contributed by atoms with van der Waals surface area (Å²) < 4.78 is 11.3. The van der Waals surface area contributed by atoms with Crippen LogP contribution in [0.25, 0.3) is 133 Å². The zero-order chi connectivity index (χ0) is 47.7. The normalized spacial score (nSPS) is 13.0. The summed E-state index contributed by atoms with van der Waals surface area (Å²) in [5, 5.41) is 7.06. The second-order valence-corrected chi connectivity index (χ2v) is 19.8. The van der Waals surface area contributed by atoms with Gasteiger partial charge in [0.1, 0.15) is 11.2 Å². The van der Waals surface area contributed by atoms with Crippen LogP contribution in [-0.2, 0) is 5.41 Å². The van der Waals surface area contributed by atoms with E-state index in [0.717, 1.165) is 89.1 Å². The topological polar surface area (TPSA) is 48.8 Å². The Bertz CT molecular complexity index is 4460. The number of nitrogens with zero attached hydrogens (tertiary/aromatic N) is 4. The zero-order valence-corrected chi connectivity index (χ0v) is 39.6. The highest BCUT2D eigenvalue weighted by Gasteiger charge is 2.36. The molecular weight excluding hydrogens is 877 g/mol. The van der Waals surface area contributed by atoms with E-state index in [9.17, 15) is 0 Å². The van der Waals surface area contributed by atoms with E-state index in [2.05, 4.69) is 235 Å². The molecule has 0 amide bonds. The lowest BCUT2D eigenvalue weighted by Crippen LogP contribution is -2.14. The lowest BCUT2D eigenvalue weighted by Gasteiger charge is -2.21. The summed E-state index contributed by atoms with van der Waals surface area (Å²) in [6, 6.07) is 83.0. The molecule has 0 radical (unpaired) electrons. The lowest BCUT2D eigenvalue weighted by molar-refractivity contribution is 0.661.